The fraction of sp³-hybridized carbons (Fsp3) is 0.727. The van der Waals surface area contributed by atoms with Crippen LogP contribution in [0.2, 0.25) is 0 Å². The van der Waals surface area contributed by atoms with Gasteiger partial charge in [-0.1, -0.05) is 33.3 Å². The van der Waals surface area contributed by atoms with E-state index >= 15 is 0 Å². The largest absolute Gasteiger partial charge is 0.334 e. The van der Waals surface area contributed by atoms with Crippen LogP contribution < -0.4 is 0 Å². The number of hydrogen-bond donors (Lipinski definition) is 0. The number of carbonyl (C=O) groups excluding carboxylic acids is 1. The van der Waals surface area contributed by atoms with Gasteiger partial charge in [-0.15, -0.1) is 5.10 Å². The molecule has 0 spiro atoms. The highest BCUT2D eigenvalue weighted by Gasteiger charge is 2.28. The van der Waals surface area contributed by atoms with Crippen LogP contribution in [0.15, 0.2) is 0 Å². The van der Waals surface area contributed by atoms with E-state index < -0.39 is 0 Å². The minimum Gasteiger partial charge on any atom is -0.334 e. The van der Waals surface area contributed by atoms with Crippen molar-refractivity contribution in [3.63, 3.8) is 0 Å². The first-order valence-corrected chi connectivity index (χ1v) is 7.79. The van der Waals surface area contributed by atoms with Crippen LogP contribution in [0, 0.1) is 6.92 Å². The van der Waals surface area contributed by atoms with Gasteiger partial charge in [-0.2, -0.15) is 0 Å². The maximum atomic E-state index is 12.4. The van der Waals surface area contributed by atoms with E-state index in [0.29, 0.717) is 10.9 Å². The first-order chi connectivity index (χ1) is 8.24. The molecule has 6 heteroatoms. The standard InChI is InChI=1S/C11H16BrN3OS/c1-8-10(17-14-13-8)11(16)15(7-6-12)9-4-2-3-5-9/h9H,2-7H2,1H3. The predicted octanol–water partition coefficient (Wildman–Crippen LogP) is 2.63. The van der Waals surface area contributed by atoms with Crippen LogP contribution in [0.1, 0.15) is 41.0 Å². The quantitative estimate of drug-likeness (QED) is 0.802. The van der Waals surface area contributed by atoms with E-state index in [9.17, 15) is 4.79 Å². The first kappa shape index (κ1) is 13.0. The van der Waals surface area contributed by atoms with Crippen LogP contribution >= 0.6 is 27.5 Å². The summed E-state index contributed by atoms with van der Waals surface area (Å²) in [6.45, 7) is 2.61. The van der Waals surface area contributed by atoms with Crippen molar-refractivity contribution in [1.29, 1.82) is 0 Å². The van der Waals surface area contributed by atoms with Gasteiger partial charge in [-0.05, 0) is 31.3 Å². The summed E-state index contributed by atoms with van der Waals surface area (Å²) in [5.74, 6) is 0.101. The van der Waals surface area contributed by atoms with E-state index in [4.69, 9.17) is 0 Å². The number of aromatic nitrogens is 2. The zero-order valence-electron chi connectivity index (χ0n) is 9.86. The van der Waals surface area contributed by atoms with Gasteiger partial charge in [0.25, 0.3) is 5.91 Å². The van der Waals surface area contributed by atoms with Crippen LogP contribution in [0.4, 0.5) is 0 Å². The number of aryl methyl sites for hydroxylation is 1. The third-order valence-electron chi connectivity index (χ3n) is 3.20. The summed E-state index contributed by atoms with van der Waals surface area (Å²) in [7, 11) is 0. The molecule has 94 valence electrons. The Morgan fingerprint density at radius 3 is 2.76 bits per heavy atom. The monoisotopic (exact) mass is 317 g/mol. The van der Waals surface area contributed by atoms with Gasteiger partial charge >= 0.3 is 0 Å². The lowest BCUT2D eigenvalue weighted by atomic mass is 10.2. The molecule has 0 atom stereocenters. The Hall–Kier alpha value is -0.490. The molecule has 1 aliphatic carbocycles. The highest BCUT2D eigenvalue weighted by atomic mass is 79.9. The van der Waals surface area contributed by atoms with E-state index in [1.165, 1.54) is 24.4 Å². The fourth-order valence-corrected chi connectivity index (χ4v) is 3.31. The van der Waals surface area contributed by atoms with E-state index in [1.54, 1.807) is 0 Å². The average molecular weight is 318 g/mol. The number of halogens is 1. The second-order valence-corrected chi connectivity index (χ2v) is 5.86. The van der Waals surface area contributed by atoms with Gasteiger partial charge in [-0.3, -0.25) is 4.79 Å². The minimum absolute atomic E-state index is 0.101. The topological polar surface area (TPSA) is 46.1 Å². The fourth-order valence-electron chi connectivity index (χ4n) is 2.32. The van der Waals surface area contributed by atoms with Crippen LogP contribution in [0.3, 0.4) is 0 Å². The summed E-state index contributed by atoms with van der Waals surface area (Å²) >= 11 is 4.63. The Labute approximate surface area is 114 Å². The van der Waals surface area contributed by atoms with Crippen LogP contribution in [0.25, 0.3) is 0 Å². The molecule has 4 nitrogen and oxygen atoms in total. The van der Waals surface area contributed by atoms with E-state index in [-0.39, 0.29) is 5.91 Å². The maximum Gasteiger partial charge on any atom is 0.267 e. The number of hydrogen-bond acceptors (Lipinski definition) is 4. The number of amides is 1. The molecule has 2 rings (SSSR count). The third kappa shape index (κ3) is 2.85. The molecular weight excluding hydrogens is 302 g/mol. The molecule has 0 aromatic carbocycles. The molecule has 1 fully saturated rings. The molecule has 1 saturated carbocycles. The highest BCUT2D eigenvalue weighted by Crippen LogP contribution is 2.26. The van der Waals surface area contributed by atoms with E-state index in [2.05, 4.69) is 25.5 Å². The molecule has 0 unspecified atom stereocenters. The Morgan fingerprint density at radius 1 is 1.53 bits per heavy atom. The summed E-state index contributed by atoms with van der Waals surface area (Å²) in [4.78, 5) is 15.1. The van der Waals surface area contributed by atoms with Crippen molar-refractivity contribution < 1.29 is 4.79 Å². The molecular formula is C11H16BrN3OS. The molecule has 0 aliphatic heterocycles. The SMILES string of the molecule is Cc1nnsc1C(=O)N(CCBr)C1CCCC1. The molecule has 1 aromatic rings. The van der Waals surface area contributed by atoms with Gasteiger partial charge in [0.2, 0.25) is 0 Å². The average Bonchev–Trinajstić information content (AvgIpc) is 2.95. The zero-order valence-corrected chi connectivity index (χ0v) is 12.3. The number of carbonyl (C=O) groups is 1. The Balaban J connectivity index is 2.15. The smallest absolute Gasteiger partial charge is 0.267 e. The van der Waals surface area contributed by atoms with Crippen molar-refractivity contribution >= 4 is 33.4 Å². The summed E-state index contributed by atoms with van der Waals surface area (Å²) < 4.78 is 3.84. The van der Waals surface area contributed by atoms with Crippen molar-refractivity contribution in [2.24, 2.45) is 0 Å². The summed E-state index contributed by atoms with van der Waals surface area (Å²) in [6, 6.07) is 0.404. The molecule has 0 N–H and O–H groups in total. The lowest BCUT2D eigenvalue weighted by Gasteiger charge is -2.27. The van der Waals surface area contributed by atoms with Crippen molar-refractivity contribution in [3.05, 3.63) is 10.6 Å². The Morgan fingerprint density at radius 2 is 2.24 bits per heavy atom. The van der Waals surface area contributed by atoms with Gasteiger partial charge < -0.3 is 4.90 Å². The molecule has 1 aliphatic rings. The number of nitrogens with zero attached hydrogens (tertiary/aromatic N) is 3. The minimum atomic E-state index is 0.101. The number of rotatable bonds is 4. The maximum absolute atomic E-state index is 12.4. The van der Waals surface area contributed by atoms with E-state index in [1.807, 2.05) is 11.8 Å². The van der Waals surface area contributed by atoms with Crippen molar-refractivity contribution in [2.75, 3.05) is 11.9 Å². The summed E-state index contributed by atoms with van der Waals surface area (Å²) in [5.41, 5.74) is 0.748. The van der Waals surface area contributed by atoms with E-state index in [0.717, 1.165) is 30.4 Å². The van der Waals surface area contributed by atoms with Crippen molar-refractivity contribution in [1.82, 2.24) is 14.5 Å². The predicted molar refractivity (Wildman–Crippen MR) is 71.7 cm³/mol. The molecule has 1 amide bonds. The number of alkyl halides is 1. The van der Waals surface area contributed by atoms with Crippen LogP contribution in [0.5, 0.6) is 0 Å². The third-order valence-corrected chi connectivity index (χ3v) is 4.37. The molecule has 0 bridgehead atoms. The second kappa shape index (κ2) is 5.91. The molecule has 0 saturated heterocycles. The van der Waals surface area contributed by atoms with Gasteiger partial charge in [0.15, 0.2) is 0 Å². The highest BCUT2D eigenvalue weighted by molar-refractivity contribution is 9.09. The second-order valence-electron chi connectivity index (χ2n) is 4.31. The summed E-state index contributed by atoms with van der Waals surface area (Å²) in [5, 5.41) is 4.74. The lowest BCUT2D eigenvalue weighted by Crippen LogP contribution is -2.40. The molecule has 0 radical (unpaired) electrons. The van der Waals surface area contributed by atoms with Crippen LogP contribution in [-0.2, 0) is 0 Å². The normalized spacial score (nSPS) is 16.4. The summed E-state index contributed by atoms with van der Waals surface area (Å²) in [6.07, 6.45) is 4.72. The molecule has 17 heavy (non-hydrogen) atoms. The lowest BCUT2D eigenvalue weighted by molar-refractivity contribution is 0.0700. The Kier molecular flexibility index (Phi) is 4.50. The molecule has 1 aromatic heterocycles. The first-order valence-electron chi connectivity index (χ1n) is 5.90. The van der Waals surface area contributed by atoms with Crippen LogP contribution in [-0.4, -0.2) is 38.3 Å². The van der Waals surface area contributed by atoms with Crippen molar-refractivity contribution in [2.45, 2.75) is 38.6 Å². The van der Waals surface area contributed by atoms with Gasteiger partial charge in [0, 0.05) is 17.9 Å². The van der Waals surface area contributed by atoms with Gasteiger partial charge in [-0.25, -0.2) is 0 Å². The van der Waals surface area contributed by atoms with Gasteiger partial charge in [0.05, 0.1) is 5.69 Å². The molecule has 1 heterocycles. The zero-order chi connectivity index (χ0) is 12.3. The van der Waals surface area contributed by atoms with Crippen molar-refractivity contribution in [3.8, 4) is 0 Å². The van der Waals surface area contributed by atoms with Gasteiger partial charge in [0.1, 0.15) is 4.88 Å². The Bertz CT molecular complexity index is 390.